The molecule has 0 saturated carbocycles. The molecule has 0 unspecified atom stereocenters. The van der Waals surface area contributed by atoms with Gasteiger partial charge in [0.05, 0.1) is 16.8 Å². The second-order valence-electron chi connectivity index (χ2n) is 5.37. The highest BCUT2D eigenvalue weighted by Gasteiger charge is 2.19. The fourth-order valence-corrected chi connectivity index (χ4v) is 2.49. The fraction of sp³-hybridized carbons (Fsp3) is 0.111. The molecule has 6 nitrogen and oxygen atoms in total. The van der Waals surface area contributed by atoms with E-state index in [1.165, 1.54) is 11.9 Å². The van der Waals surface area contributed by atoms with Crippen LogP contribution in [0, 0.1) is 0 Å². The molecule has 1 aromatic carbocycles. The molecule has 0 aliphatic carbocycles. The Bertz CT molecular complexity index is 910. The first-order valence-corrected chi connectivity index (χ1v) is 7.33. The van der Waals surface area contributed by atoms with Crippen LogP contribution in [0.15, 0.2) is 54.9 Å². The number of hydrogen-bond donors (Lipinski definition) is 1. The van der Waals surface area contributed by atoms with Gasteiger partial charge in [-0.3, -0.25) is 14.6 Å². The van der Waals surface area contributed by atoms with Gasteiger partial charge in [0.25, 0.3) is 5.91 Å². The number of aliphatic carboxylic acids is 1. The normalized spacial score (nSPS) is 10.5. The molecule has 3 aromatic rings. The van der Waals surface area contributed by atoms with Crippen LogP contribution < -0.4 is 0 Å². The molecule has 0 fully saturated rings. The molecule has 6 heteroatoms. The zero-order chi connectivity index (χ0) is 17.1. The van der Waals surface area contributed by atoms with Crippen LogP contribution in [0.5, 0.6) is 0 Å². The fourth-order valence-electron chi connectivity index (χ4n) is 2.49. The average molecular weight is 321 g/mol. The zero-order valence-electron chi connectivity index (χ0n) is 13.0. The Hall–Kier alpha value is -3.28. The van der Waals surface area contributed by atoms with E-state index < -0.39 is 5.97 Å². The second-order valence-corrected chi connectivity index (χ2v) is 5.37. The molecule has 0 atom stereocenters. The number of para-hydroxylation sites is 1. The number of rotatable bonds is 4. The van der Waals surface area contributed by atoms with Crippen molar-refractivity contribution in [2.75, 3.05) is 13.6 Å². The van der Waals surface area contributed by atoms with E-state index in [9.17, 15) is 9.59 Å². The van der Waals surface area contributed by atoms with Crippen molar-refractivity contribution in [1.29, 1.82) is 0 Å². The number of pyridine rings is 2. The Kier molecular flexibility index (Phi) is 4.20. The van der Waals surface area contributed by atoms with Gasteiger partial charge in [0.2, 0.25) is 0 Å². The third-order valence-electron chi connectivity index (χ3n) is 3.62. The highest BCUT2D eigenvalue weighted by molar-refractivity contribution is 6.07. The Balaban J connectivity index is 2.15. The van der Waals surface area contributed by atoms with Crippen LogP contribution >= 0.6 is 0 Å². The predicted octanol–water partition coefficient (Wildman–Crippen LogP) is 2.45. The summed E-state index contributed by atoms with van der Waals surface area (Å²) in [7, 11) is 1.47. The molecule has 0 spiro atoms. The number of hydrogen-bond acceptors (Lipinski definition) is 4. The minimum Gasteiger partial charge on any atom is -0.480 e. The summed E-state index contributed by atoms with van der Waals surface area (Å²) in [6.07, 6.45) is 3.34. The summed E-state index contributed by atoms with van der Waals surface area (Å²) >= 11 is 0. The number of likely N-dealkylation sites (N-methyl/N-ethyl adjacent to an activating group) is 1. The summed E-state index contributed by atoms with van der Waals surface area (Å²) in [5.41, 5.74) is 2.50. The average Bonchev–Trinajstić information content (AvgIpc) is 2.60. The molecule has 2 aromatic heterocycles. The van der Waals surface area contributed by atoms with Gasteiger partial charge in [0.15, 0.2) is 0 Å². The first kappa shape index (κ1) is 15.6. The first-order valence-electron chi connectivity index (χ1n) is 7.33. The number of carboxylic acids is 1. The second kappa shape index (κ2) is 6.45. The molecule has 0 aliphatic rings. The molecule has 0 saturated heterocycles. The standard InChI is InChI=1S/C18H15N3O3/c1-21(11-17(22)23)18(24)14-9-16(12-5-4-8-19-10-12)20-15-7-3-2-6-13(14)15/h2-10H,11H2,1H3,(H,22,23). The quantitative estimate of drug-likeness (QED) is 0.798. The maximum atomic E-state index is 12.7. The first-order chi connectivity index (χ1) is 11.6. The summed E-state index contributed by atoms with van der Waals surface area (Å²) in [5.74, 6) is -1.42. The summed E-state index contributed by atoms with van der Waals surface area (Å²) in [6.45, 7) is -0.363. The van der Waals surface area contributed by atoms with E-state index in [0.29, 0.717) is 22.2 Å². The van der Waals surface area contributed by atoms with E-state index in [2.05, 4.69) is 9.97 Å². The van der Waals surface area contributed by atoms with Crippen molar-refractivity contribution < 1.29 is 14.7 Å². The van der Waals surface area contributed by atoms with Crippen LogP contribution in [0.3, 0.4) is 0 Å². The minimum absolute atomic E-state index is 0.360. The minimum atomic E-state index is -1.06. The SMILES string of the molecule is CN(CC(=O)O)C(=O)c1cc(-c2cccnc2)nc2ccccc12. The number of aromatic nitrogens is 2. The molecular formula is C18H15N3O3. The van der Waals surface area contributed by atoms with Crippen molar-refractivity contribution in [2.45, 2.75) is 0 Å². The number of carbonyl (C=O) groups is 2. The maximum Gasteiger partial charge on any atom is 0.323 e. The van der Waals surface area contributed by atoms with Gasteiger partial charge in [-0.25, -0.2) is 4.98 Å². The molecule has 0 radical (unpaired) electrons. The molecule has 2 heterocycles. The largest absolute Gasteiger partial charge is 0.480 e. The van der Waals surface area contributed by atoms with E-state index in [0.717, 1.165) is 5.56 Å². The van der Waals surface area contributed by atoms with Gasteiger partial charge in [-0.2, -0.15) is 0 Å². The van der Waals surface area contributed by atoms with Gasteiger partial charge < -0.3 is 10.0 Å². The van der Waals surface area contributed by atoms with Crippen LogP contribution in [-0.4, -0.2) is 45.4 Å². The lowest BCUT2D eigenvalue weighted by Crippen LogP contribution is -2.32. The van der Waals surface area contributed by atoms with E-state index in [1.807, 2.05) is 24.3 Å². The van der Waals surface area contributed by atoms with Crippen LogP contribution in [0.1, 0.15) is 10.4 Å². The van der Waals surface area contributed by atoms with E-state index in [-0.39, 0.29) is 12.5 Å². The van der Waals surface area contributed by atoms with Gasteiger partial charge in [-0.05, 0) is 24.3 Å². The van der Waals surface area contributed by atoms with Gasteiger partial charge in [-0.15, -0.1) is 0 Å². The number of benzene rings is 1. The van der Waals surface area contributed by atoms with Gasteiger partial charge in [-0.1, -0.05) is 18.2 Å². The molecule has 24 heavy (non-hydrogen) atoms. The van der Waals surface area contributed by atoms with E-state index in [1.54, 1.807) is 30.6 Å². The molecule has 3 rings (SSSR count). The van der Waals surface area contributed by atoms with Crippen LogP contribution in [-0.2, 0) is 4.79 Å². The van der Waals surface area contributed by atoms with Crippen molar-refractivity contribution in [3.8, 4) is 11.3 Å². The maximum absolute atomic E-state index is 12.7. The van der Waals surface area contributed by atoms with Crippen molar-refractivity contribution in [2.24, 2.45) is 0 Å². The topological polar surface area (TPSA) is 83.4 Å². The van der Waals surface area contributed by atoms with Crippen LogP contribution in [0.25, 0.3) is 22.2 Å². The van der Waals surface area contributed by atoms with Gasteiger partial charge >= 0.3 is 5.97 Å². The van der Waals surface area contributed by atoms with Crippen LogP contribution in [0.4, 0.5) is 0 Å². The smallest absolute Gasteiger partial charge is 0.323 e. The highest BCUT2D eigenvalue weighted by Crippen LogP contribution is 2.25. The van der Waals surface area contributed by atoms with Gasteiger partial charge in [0, 0.05) is 30.4 Å². The predicted molar refractivity (Wildman–Crippen MR) is 89.6 cm³/mol. The Morgan fingerprint density at radius 1 is 1.17 bits per heavy atom. The van der Waals surface area contributed by atoms with Crippen molar-refractivity contribution in [1.82, 2.24) is 14.9 Å². The lowest BCUT2D eigenvalue weighted by molar-refractivity contribution is -0.137. The molecular weight excluding hydrogens is 306 g/mol. The Morgan fingerprint density at radius 2 is 1.96 bits per heavy atom. The molecule has 0 bridgehead atoms. The zero-order valence-corrected chi connectivity index (χ0v) is 13.0. The Labute approximate surface area is 138 Å². The number of nitrogens with zero attached hydrogens (tertiary/aromatic N) is 3. The third kappa shape index (κ3) is 3.08. The lowest BCUT2D eigenvalue weighted by atomic mass is 10.0. The van der Waals surface area contributed by atoms with E-state index >= 15 is 0 Å². The summed E-state index contributed by atoms with van der Waals surface area (Å²) < 4.78 is 0. The van der Waals surface area contributed by atoms with Crippen molar-refractivity contribution in [3.05, 3.63) is 60.4 Å². The third-order valence-corrected chi connectivity index (χ3v) is 3.62. The molecule has 1 N–H and O–H groups in total. The monoisotopic (exact) mass is 321 g/mol. The number of amides is 1. The molecule has 120 valence electrons. The Morgan fingerprint density at radius 3 is 2.67 bits per heavy atom. The summed E-state index contributed by atoms with van der Waals surface area (Å²) in [5, 5.41) is 9.60. The number of carboxylic acid groups (broad SMARTS) is 1. The molecule has 0 aliphatic heterocycles. The van der Waals surface area contributed by atoms with Gasteiger partial charge in [0.1, 0.15) is 6.54 Å². The van der Waals surface area contributed by atoms with E-state index in [4.69, 9.17) is 5.11 Å². The lowest BCUT2D eigenvalue weighted by Gasteiger charge is -2.16. The van der Waals surface area contributed by atoms with Crippen LogP contribution in [0.2, 0.25) is 0 Å². The summed E-state index contributed by atoms with van der Waals surface area (Å²) in [4.78, 5) is 33.4. The van der Waals surface area contributed by atoms with Crippen molar-refractivity contribution >= 4 is 22.8 Å². The summed E-state index contributed by atoms with van der Waals surface area (Å²) in [6, 6.07) is 12.6. The van der Waals surface area contributed by atoms with Crippen molar-refractivity contribution in [3.63, 3.8) is 0 Å². The number of carbonyl (C=O) groups excluding carboxylic acids is 1. The number of fused-ring (bicyclic) bond motifs is 1. The molecule has 1 amide bonds. The highest BCUT2D eigenvalue weighted by atomic mass is 16.4.